The lowest BCUT2D eigenvalue weighted by Gasteiger charge is -2.35. The van der Waals surface area contributed by atoms with Crippen LogP contribution in [0.25, 0.3) is 0 Å². The number of likely N-dealkylation sites (tertiary alicyclic amines) is 1. The zero-order valence-electron chi connectivity index (χ0n) is 15.3. The third-order valence-corrected chi connectivity index (χ3v) is 5.70. The number of nitrogens with one attached hydrogen (secondary N) is 1. The van der Waals surface area contributed by atoms with Crippen molar-refractivity contribution in [2.45, 2.75) is 46.1 Å². The first-order chi connectivity index (χ1) is 12.5. The van der Waals surface area contributed by atoms with Crippen LogP contribution in [0.4, 0.5) is 0 Å². The van der Waals surface area contributed by atoms with Crippen LogP contribution in [0.2, 0.25) is 0 Å². The molecule has 140 valence electrons. The number of thiazole rings is 1. The fourth-order valence-electron chi connectivity index (χ4n) is 3.51. The molecule has 0 aliphatic carbocycles. The van der Waals surface area contributed by atoms with E-state index in [4.69, 9.17) is 4.52 Å². The van der Waals surface area contributed by atoms with E-state index in [0.717, 1.165) is 17.8 Å². The fraction of sp³-hybridized carbons (Fsp3) is 0.556. The van der Waals surface area contributed by atoms with Gasteiger partial charge >= 0.3 is 0 Å². The maximum atomic E-state index is 12.9. The maximum absolute atomic E-state index is 12.9. The monoisotopic (exact) mass is 376 g/mol. The van der Waals surface area contributed by atoms with Gasteiger partial charge in [0.05, 0.1) is 11.7 Å². The molecule has 0 saturated carbocycles. The smallest absolute Gasteiger partial charge is 0.259 e. The zero-order valence-corrected chi connectivity index (χ0v) is 16.1. The van der Waals surface area contributed by atoms with Crippen molar-refractivity contribution >= 4 is 23.2 Å². The highest BCUT2D eigenvalue weighted by Crippen LogP contribution is 2.32. The van der Waals surface area contributed by atoms with Gasteiger partial charge in [0.2, 0.25) is 5.91 Å². The molecule has 2 aromatic heterocycles. The van der Waals surface area contributed by atoms with Crippen molar-refractivity contribution in [3.05, 3.63) is 33.6 Å². The molecule has 3 rings (SSSR count). The van der Waals surface area contributed by atoms with E-state index in [1.807, 2.05) is 17.2 Å². The summed E-state index contributed by atoms with van der Waals surface area (Å²) in [7, 11) is 0. The van der Waals surface area contributed by atoms with Crippen LogP contribution in [-0.2, 0) is 11.2 Å². The van der Waals surface area contributed by atoms with Crippen LogP contribution >= 0.6 is 11.3 Å². The Morgan fingerprint density at radius 1 is 1.42 bits per heavy atom. The SMILES string of the molecule is CCc1onc(C)c1C(=O)N1CCC([C@@H](NC(C)=O)c2nccs2)CC1. The van der Waals surface area contributed by atoms with Gasteiger partial charge in [0.25, 0.3) is 5.91 Å². The molecule has 0 aromatic carbocycles. The van der Waals surface area contributed by atoms with Crippen LogP contribution in [0.1, 0.15) is 59.6 Å². The largest absolute Gasteiger partial charge is 0.360 e. The van der Waals surface area contributed by atoms with E-state index in [0.29, 0.717) is 36.5 Å². The maximum Gasteiger partial charge on any atom is 0.259 e. The predicted octanol–water partition coefficient (Wildman–Crippen LogP) is 2.73. The van der Waals surface area contributed by atoms with Crippen LogP contribution in [0.5, 0.6) is 0 Å². The molecule has 0 unspecified atom stereocenters. The number of rotatable bonds is 5. The number of nitrogens with zero attached hydrogens (tertiary/aromatic N) is 3. The number of hydrogen-bond donors (Lipinski definition) is 1. The summed E-state index contributed by atoms with van der Waals surface area (Å²) < 4.78 is 5.26. The second-order valence-corrected chi connectivity index (χ2v) is 7.52. The number of hydrogen-bond acceptors (Lipinski definition) is 6. The number of carbonyl (C=O) groups is 2. The first-order valence-corrected chi connectivity index (χ1v) is 9.80. The first kappa shape index (κ1) is 18.6. The minimum atomic E-state index is -0.0896. The summed E-state index contributed by atoms with van der Waals surface area (Å²) in [6.07, 6.45) is 4.05. The van der Waals surface area contributed by atoms with E-state index < -0.39 is 0 Å². The Balaban J connectivity index is 1.69. The average molecular weight is 376 g/mol. The van der Waals surface area contributed by atoms with Crippen LogP contribution in [0, 0.1) is 12.8 Å². The molecule has 0 bridgehead atoms. The summed E-state index contributed by atoms with van der Waals surface area (Å²) >= 11 is 1.55. The van der Waals surface area contributed by atoms with E-state index in [1.165, 1.54) is 6.92 Å². The Labute approximate surface area is 156 Å². The van der Waals surface area contributed by atoms with Crippen molar-refractivity contribution in [2.75, 3.05) is 13.1 Å². The van der Waals surface area contributed by atoms with Gasteiger partial charge in [-0.25, -0.2) is 4.98 Å². The van der Waals surface area contributed by atoms with Crippen LogP contribution in [-0.4, -0.2) is 39.9 Å². The van der Waals surface area contributed by atoms with Crippen molar-refractivity contribution in [2.24, 2.45) is 5.92 Å². The normalized spacial score (nSPS) is 16.5. The minimum Gasteiger partial charge on any atom is -0.360 e. The summed E-state index contributed by atoms with van der Waals surface area (Å²) in [5.74, 6) is 0.845. The van der Waals surface area contributed by atoms with Crippen molar-refractivity contribution < 1.29 is 14.1 Å². The zero-order chi connectivity index (χ0) is 18.7. The summed E-state index contributed by atoms with van der Waals surface area (Å²) in [6.45, 7) is 6.59. The Bertz CT molecular complexity index is 764. The molecule has 2 amide bonds. The molecule has 1 aliphatic heterocycles. The highest BCUT2D eigenvalue weighted by Gasteiger charge is 2.33. The molecule has 7 nitrogen and oxygen atoms in total. The molecule has 1 N–H and O–H groups in total. The average Bonchev–Trinajstić information content (AvgIpc) is 3.28. The molecule has 1 aliphatic rings. The van der Waals surface area contributed by atoms with Crippen molar-refractivity contribution in [3.8, 4) is 0 Å². The Morgan fingerprint density at radius 3 is 2.73 bits per heavy atom. The van der Waals surface area contributed by atoms with Gasteiger partial charge in [-0.15, -0.1) is 11.3 Å². The van der Waals surface area contributed by atoms with E-state index >= 15 is 0 Å². The molecule has 1 atom stereocenters. The molecule has 26 heavy (non-hydrogen) atoms. The number of aromatic nitrogens is 2. The predicted molar refractivity (Wildman–Crippen MR) is 97.9 cm³/mol. The number of aryl methyl sites for hydroxylation is 2. The highest BCUT2D eigenvalue weighted by molar-refractivity contribution is 7.09. The molecule has 3 heterocycles. The number of carbonyl (C=O) groups excluding carboxylic acids is 2. The molecule has 1 saturated heterocycles. The number of piperidine rings is 1. The van der Waals surface area contributed by atoms with Gasteiger partial charge in [0.15, 0.2) is 0 Å². The van der Waals surface area contributed by atoms with Crippen LogP contribution in [0.3, 0.4) is 0 Å². The third kappa shape index (κ3) is 3.80. The topological polar surface area (TPSA) is 88.3 Å². The Kier molecular flexibility index (Phi) is 5.70. The second kappa shape index (κ2) is 7.99. The summed E-state index contributed by atoms with van der Waals surface area (Å²) in [5, 5.41) is 9.81. The van der Waals surface area contributed by atoms with Crippen molar-refractivity contribution in [3.63, 3.8) is 0 Å². The quantitative estimate of drug-likeness (QED) is 0.867. The third-order valence-electron chi connectivity index (χ3n) is 4.84. The second-order valence-electron chi connectivity index (χ2n) is 6.60. The molecule has 8 heteroatoms. The highest BCUT2D eigenvalue weighted by atomic mass is 32.1. The molecular weight excluding hydrogens is 352 g/mol. The molecule has 0 spiro atoms. The number of amides is 2. The van der Waals surface area contributed by atoms with E-state index in [-0.39, 0.29) is 23.8 Å². The first-order valence-electron chi connectivity index (χ1n) is 8.92. The molecule has 2 aromatic rings. The molecular formula is C18H24N4O3S. The van der Waals surface area contributed by atoms with E-state index in [9.17, 15) is 9.59 Å². The van der Waals surface area contributed by atoms with Crippen molar-refractivity contribution in [1.82, 2.24) is 20.4 Å². The molecule has 0 radical (unpaired) electrons. The van der Waals surface area contributed by atoms with Gasteiger partial charge in [0.1, 0.15) is 16.3 Å². The Morgan fingerprint density at radius 2 is 2.15 bits per heavy atom. The van der Waals surface area contributed by atoms with Gasteiger partial charge in [-0.2, -0.15) is 0 Å². The summed E-state index contributed by atoms with van der Waals surface area (Å²) in [4.78, 5) is 30.7. The van der Waals surface area contributed by atoms with E-state index in [2.05, 4.69) is 15.5 Å². The minimum absolute atomic E-state index is 0.00984. The lowest BCUT2D eigenvalue weighted by atomic mass is 9.89. The van der Waals surface area contributed by atoms with Gasteiger partial charge in [-0.05, 0) is 25.7 Å². The van der Waals surface area contributed by atoms with Gasteiger partial charge in [0, 0.05) is 38.0 Å². The Hall–Kier alpha value is -2.22. The van der Waals surface area contributed by atoms with Crippen molar-refractivity contribution in [1.29, 1.82) is 0 Å². The summed E-state index contributed by atoms with van der Waals surface area (Å²) in [6, 6.07) is -0.0896. The standard InChI is InChI=1S/C18H24N4O3S/c1-4-14-15(11(2)21-25-14)18(24)22-8-5-13(6-9-22)16(20-12(3)23)17-19-7-10-26-17/h7,10,13,16H,4-6,8-9H2,1-3H3,(H,20,23)/t16-/m1/s1. The van der Waals surface area contributed by atoms with Gasteiger partial charge in [-0.1, -0.05) is 12.1 Å². The van der Waals surface area contributed by atoms with E-state index in [1.54, 1.807) is 24.5 Å². The van der Waals surface area contributed by atoms with Crippen LogP contribution in [0.15, 0.2) is 16.1 Å². The van der Waals surface area contributed by atoms with Crippen LogP contribution < -0.4 is 5.32 Å². The fourth-order valence-corrected chi connectivity index (χ4v) is 4.30. The van der Waals surface area contributed by atoms with Gasteiger partial charge < -0.3 is 14.7 Å². The molecule has 1 fully saturated rings. The lowest BCUT2D eigenvalue weighted by Crippen LogP contribution is -2.43. The lowest BCUT2D eigenvalue weighted by molar-refractivity contribution is -0.120. The van der Waals surface area contributed by atoms with Gasteiger partial charge in [-0.3, -0.25) is 9.59 Å². The summed E-state index contributed by atoms with van der Waals surface area (Å²) in [5.41, 5.74) is 1.25.